The van der Waals surface area contributed by atoms with Crippen LogP contribution in [0.15, 0.2) is 48.5 Å². The van der Waals surface area contributed by atoms with Crippen molar-refractivity contribution in [1.29, 1.82) is 0 Å². The molecule has 0 fully saturated rings. The number of aryl methyl sites for hydroxylation is 1. The van der Waals surface area contributed by atoms with E-state index in [0.717, 1.165) is 28.3 Å². The Balaban J connectivity index is 1.91. The smallest absolute Gasteiger partial charge is 0.232 e. The second kappa shape index (κ2) is 8.75. The SMILES string of the molecule is CS(=O)(=O)N(CCNC(=O)CCc1ccccc1)c1ccc(F)c(F)c1. The van der Waals surface area contributed by atoms with Gasteiger partial charge in [0.15, 0.2) is 11.6 Å². The fourth-order valence-corrected chi connectivity index (χ4v) is 3.33. The van der Waals surface area contributed by atoms with Gasteiger partial charge in [0, 0.05) is 19.0 Å². The average molecular weight is 382 g/mol. The number of hydrogen-bond donors (Lipinski definition) is 1. The first-order chi connectivity index (χ1) is 12.3. The van der Waals surface area contributed by atoms with Gasteiger partial charge in [-0.15, -0.1) is 0 Å². The van der Waals surface area contributed by atoms with Gasteiger partial charge in [-0.1, -0.05) is 30.3 Å². The molecule has 2 aromatic carbocycles. The van der Waals surface area contributed by atoms with E-state index in [4.69, 9.17) is 0 Å². The third-order valence-corrected chi connectivity index (χ3v) is 4.91. The van der Waals surface area contributed by atoms with Gasteiger partial charge in [-0.2, -0.15) is 0 Å². The van der Waals surface area contributed by atoms with E-state index in [1.807, 2.05) is 30.3 Å². The van der Waals surface area contributed by atoms with Gasteiger partial charge < -0.3 is 5.32 Å². The van der Waals surface area contributed by atoms with Crippen LogP contribution in [0.5, 0.6) is 0 Å². The summed E-state index contributed by atoms with van der Waals surface area (Å²) in [6.07, 6.45) is 1.81. The van der Waals surface area contributed by atoms with Crippen LogP contribution in [0.3, 0.4) is 0 Å². The lowest BCUT2D eigenvalue weighted by molar-refractivity contribution is -0.120. The van der Waals surface area contributed by atoms with Crippen LogP contribution in [0.4, 0.5) is 14.5 Å². The first-order valence-corrected chi connectivity index (χ1v) is 9.85. The summed E-state index contributed by atoms with van der Waals surface area (Å²) in [7, 11) is -3.71. The Hall–Kier alpha value is -2.48. The quantitative estimate of drug-likeness (QED) is 0.763. The summed E-state index contributed by atoms with van der Waals surface area (Å²) in [5.41, 5.74) is 1.03. The molecule has 2 rings (SSSR count). The van der Waals surface area contributed by atoms with Crippen molar-refractivity contribution < 1.29 is 22.0 Å². The second-order valence-corrected chi connectivity index (χ2v) is 7.68. The maximum atomic E-state index is 13.4. The number of rotatable bonds is 8. The third kappa shape index (κ3) is 5.80. The maximum Gasteiger partial charge on any atom is 0.232 e. The van der Waals surface area contributed by atoms with Gasteiger partial charge in [0.2, 0.25) is 15.9 Å². The molecule has 0 aliphatic rings. The number of nitrogens with zero attached hydrogens (tertiary/aromatic N) is 1. The standard InChI is InChI=1S/C18H20F2N2O3S/c1-26(24,25)22(15-8-9-16(19)17(20)13-15)12-11-21-18(23)10-7-14-5-3-2-4-6-14/h2-6,8-9,13H,7,10-12H2,1H3,(H,21,23). The minimum atomic E-state index is -3.71. The maximum absolute atomic E-state index is 13.4. The van der Waals surface area contributed by atoms with Crippen molar-refractivity contribution in [3.05, 3.63) is 65.7 Å². The summed E-state index contributed by atoms with van der Waals surface area (Å²) in [5.74, 6) is -2.41. The molecule has 140 valence electrons. The summed E-state index contributed by atoms with van der Waals surface area (Å²) in [6, 6.07) is 12.4. The Labute approximate surface area is 151 Å². The molecule has 2 aromatic rings. The van der Waals surface area contributed by atoms with Crippen molar-refractivity contribution >= 4 is 21.6 Å². The zero-order valence-electron chi connectivity index (χ0n) is 14.3. The van der Waals surface area contributed by atoms with E-state index in [2.05, 4.69) is 5.32 Å². The minimum absolute atomic E-state index is 0.00457. The Bertz CT molecular complexity index is 858. The molecule has 0 aliphatic heterocycles. The van der Waals surface area contributed by atoms with Crippen molar-refractivity contribution in [3.8, 4) is 0 Å². The van der Waals surface area contributed by atoms with Crippen molar-refractivity contribution in [1.82, 2.24) is 5.32 Å². The molecule has 0 atom stereocenters. The van der Waals surface area contributed by atoms with E-state index in [1.165, 1.54) is 6.07 Å². The highest BCUT2D eigenvalue weighted by Crippen LogP contribution is 2.20. The first-order valence-electron chi connectivity index (χ1n) is 8.01. The first kappa shape index (κ1) is 19.8. The molecule has 0 saturated heterocycles. The zero-order valence-corrected chi connectivity index (χ0v) is 15.1. The molecular formula is C18H20F2N2O3S. The molecule has 0 saturated carbocycles. The summed E-state index contributed by atoms with van der Waals surface area (Å²) >= 11 is 0. The van der Waals surface area contributed by atoms with Gasteiger partial charge in [-0.25, -0.2) is 17.2 Å². The number of anilines is 1. The van der Waals surface area contributed by atoms with Gasteiger partial charge >= 0.3 is 0 Å². The molecule has 0 radical (unpaired) electrons. The number of amides is 1. The van der Waals surface area contributed by atoms with E-state index < -0.39 is 21.7 Å². The molecule has 26 heavy (non-hydrogen) atoms. The Morgan fingerprint density at radius 1 is 1.08 bits per heavy atom. The van der Waals surface area contributed by atoms with Crippen LogP contribution in [-0.4, -0.2) is 33.7 Å². The average Bonchev–Trinajstić information content (AvgIpc) is 2.59. The number of carbonyl (C=O) groups is 1. The van der Waals surface area contributed by atoms with Crippen LogP contribution in [0.1, 0.15) is 12.0 Å². The lowest BCUT2D eigenvalue weighted by Gasteiger charge is -2.22. The van der Waals surface area contributed by atoms with Gasteiger partial charge in [-0.05, 0) is 24.1 Å². The summed E-state index contributed by atoms with van der Waals surface area (Å²) < 4.78 is 51.2. The van der Waals surface area contributed by atoms with E-state index in [9.17, 15) is 22.0 Å². The lowest BCUT2D eigenvalue weighted by atomic mass is 10.1. The topological polar surface area (TPSA) is 66.5 Å². The minimum Gasteiger partial charge on any atom is -0.354 e. The van der Waals surface area contributed by atoms with E-state index in [-0.39, 0.29) is 31.1 Å². The predicted octanol–water partition coefficient (Wildman–Crippen LogP) is 2.48. The van der Waals surface area contributed by atoms with Gasteiger partial charge in [0.25, 0.3) is 0 Å². The fourth-order valence-electron chi connectivity index (χ4n) is 2.41. The number of hydrogen-bond acceptors (Lipinski definition) is 3. The van der Waals surface area contributed by atoms with Crippen molar-refractivity contribution in [2.75, 3.05) is 23.7 Å². The lowest BCUT2D eigenvalue weighted by Crippen LogP contribution is -2.38. The van der Waals surface area contributed by atoms with Crippen LogP contribution in [0.2, 0.25) is 0 Å². The zero-order chi connectivity index (χ0) is 19.2. The van der Waals surface area contributed by atoms with Crippen LogP contribution in [-0.2, 0) is 21.2 Å². The molecule has 0 aromatic heterocycles. The molecule has 0 spiro atoms. The normalized spacial score (nSPS) is 11.2. The number of sulfonamides is 1. The molecular weight excluding hydrogens is 362 g/mol. The molecule has 0 aliphatic carbocycles. The van der Waals surface area contributed by atoms with Gasteiger partial charge in [-0.3, -0.25) is 9.10 Å². The molecule has 0 bridgehead atoms. The van der Waals surface area contributed by atoms with Crippen LogP contribution < -0.4 is 9.62 Å². The van der Waals surface area contributed by atoms with E-state index in [0.29, 0.717) is 6.42 Å². The van der Waals surface area contributed by atoms with E-state index >= 15 is 0 Å². The van der Waals surface area contributed by atoms with Gasteiger partial charge in [0.1, 0.15) is 0 Å². The fraction of sp³-hybridized carbons (Fsp3) is 0.278. The van der Waals surface area contributed by atoms with Crippen LogP contribution in [0.25, 0.3) is 0 Å². The van der Waals surface area contributed by atoms with Crippen molar-refractivity contribution in [3.63, 3.8) is 0 Å². The predicted molar refractivity (Wildman–Crippen MR) is 96.3 cm³/mol. The van der Waals surface area contributed by atoms with Crippen LogP contribution >= 0.6 is 0 Å². The highest BCUT2D eigenvalue weighted by Gasteiger charge is 2.19. The highest BCUT2D eigenvalue weighted by molar-refractivity contribution is 7.92. The summed E-state index contributed by atoms with van der Waals surface area (Å²) in [5, 5.41) is 2.64. The van der Waals surface area contributed by atoms with Crippen molar-refractivity contribution in [2.24, 2.45) is 0 Å². The molecule has 0 unspecified atom stereocenters. The van der Waals surface area contributed by atoms with Crippen LogP contribution in [0, 0.1) is 11.6 Å². The number of nitrogens with one attached hydrogen (secondary N) is 1. The monoisotopic (exact) mass is 382 g/mol. The second-order valence-electron chi connectivity index (χ2n) is 5.77. The molecule has 8 heteroatoms. The number of benzene rings is 2. The van der Waals surface area contributed by atoms with E-state index in [1.54, 1.807) is 0 Å². The summed E-state index contributed by atoms with van der Waals surface area (Å²) in [4.78, 5) is 11.9. The third-order valence-electron chi connectivity index (χ3n) is 3.71. The molecule has 5 nitrogen and oxygen atoms in total. The molecule has 1 amide bonds. The Morgan fingerprint density at radius 3 is 2.38 bits per heavy atom. The largest absolute Gasteiger partial charge is 0.354 e. The molecule has 1 N–H and O–H groups in total. The highest BCUT2D eigenvalue weighted by atomic mass is 32.2. The van der Waals surface area contributed by atoms with Gasteiger partial charge in [0.05, 0.1) is 18.5 Å². The Kier molecular flexibility index (Phi) is 6.68. The number of halogens is 2. The number of carbonyl (C=O) groups excluding carboxylic acids is 1. The van der Waals surface area contributed by atoms with Crippen molar-refractivity contribution in [2.45, 2.75) is 12.8 Å². The Morgan fingerprint density at radius 2 is 1.77 bits per heavy atom. The summed E-state index contributed by atoms with van der Waals surface area (Å²) in [6.45, 7) is -0.0271. The molecule has 0 heterocycles.